The van der Waals surface area contributed by atoms with E-state index in [9.17, 15) is 4.79 Å². The average molecular weight is 406 g/mol. The van der Waals surface area contributed by atoms with Crippen LogP contribution < -0.4 is 5.32 Å². The lowest BCUT2D eigenvalue weighted by molar-refractivity contribution is 0.155. The number of pyridine rings is 1. The highest BCUT2D eigenvalue weighted by molar-refractivity contribution is 5.89. The van der Waals surface area contributed by atoms with Gasteiger partial charge in [0, 0.05) is 18.1 Å². The number of H-pyrrole nitrogens is 1. The molecular weight excluding hydrogens is 376 g/mol. The van der Waals surface area contributed by atoms with Crippen LogP contribution in [0, 0.1) is 5.92 Å². The third kappa shape index (κ3) is 5.00. The van der Waals surface area contributed by atoms with E-state index in [1.54, 1.807) is 6.20 Å². The summed E-state index contributed by atoms with van der Waals surface area (Å²) in [6, 6.07) is 11.6. The fourth-order valence-corrected chi connectivity index (χ4v) is 4.16. The first-order valence-corrected chi connectivity index (χ1v) is 10.5. The van der Waals surface area contributed by atoms with E-state index >= 15 is 0 Å². The molecule has 157 valence electrons. The number of nitrogens with zero attached hydrogens (tertiary/aromatic N) is 2. The van der Waals surface area contributed by atoms with E-state index < -0.39 is 6.09 Å². The van der Waals surface area contributed by atoms with E-state index in [0.29, 0.717) is 11.6 Å². The Labute approximate surface area is 177 Å². The van der Waals surface area contributed by atoms with Crippen LogP contribution in [0.15, 0.2) is 48.8 Å². The number of rotatable bonds is 6. The first-order chi connectivity index (χ1) is 14.6. The first kappa shape index (κ1) is 20.4. The van der Waals surface area contributed by atoms with Crippen LogP contribution >= 0.6 is 0 Å². The molecule has 6 heteroatoms. The third-order valence-corrected chi connectivity index (χ3v) is 5.59. The maximum atomic E-state index is 12.2. The van der Waals surface area contributed by atoms with Crippen molar-refractivity contribution in [2.45, 2.75) is 39.2 Å². The van der Waals surface area contributed by atoms with Crippen molar-refractivity contribution in [3.05, 3.63) is 65.8 Å². The molecule has 0 unspecified atom stereocenters. The van der Waals surface area contributed by atoms with Gasteiger partial charge in [-0.2, -0.15) is 0 Å². The second-order valence-electron chi connectivity index (χ2n) is 8.31. The maximum Gasteiger partial charge on any atom is 0.412 e. The van der Waals surface area contributed by atoms with E-state index in [1.807, 2.05) is 36.4 Å². The van der Waals surface area contributed by atoms with Gasteiger partial charge in [0.05, 0.1) is 11.9 Å². The molecule has 3 heterocycles. The van der Waals surface area contributed by atoms with Gasteiger partial charge in [0.1, 0.15) is 12.3 Å². The van der Waals surface area contributed by atoms with Crippen LogP contribution in [-0.4, -0.2) is 40.6 Å². The van der Waals surface area contributed by atoms with Crippen LogP contribution in [0.5, 0.6) is 0 Å². The molecule has 1 aromatic carbocycles. The minimum Gasteiger partial charge on any atom is -0.444 e. The van der Waals surface area contributed by atoms with E-state index in [1.165, 1.54) is 11.5 Å². The highest BCUT2D eigenvalue weighted by atomic mass is 16.5. The Hall–Kier alpha value is -2.86. The van der Waals surface area contributed by atoms with Gasteiger partial charge in [-0.05, 0) is 55.0 Å². The number of carbonyl (C=O) groups is 1. The van der Waals surface area contributed by atoms with Gasteiger partial charge < -0.3 is 14.6 Å². The van der Waals surface area contributed by atoms with Gasteiger partial charge in [-0.3, -0.25) is 5.32 Å². The Kier molecular flexibility index (Phi) is 6.33. The summed E-state index contributed by atoms with van der Waals surface area (Å²) in [6.07, 6.45) is 5.53. The number of likely N-dealkylation sites (tertiary alicyclic amines) is 1. The normalized spacial score (nSPS) is 15.6. The highest BCUT2D eigenvalue weighted by Crippen LogP contribution is 2.33. The number of ether oxygens (including phenoxy) is 1. The summed E-state index contributed by atoms with van der Waals surface area (Å²) in [7, 11) is 0. The lowest BCUT2D eigenvalue weighted by atomic mass is 9.89. The third-order valence-electron chi connectivity index (χ3n) is 5.59. The fourth-order valence-electron chi connectivity index (χ4n) is 4.16. The monoisotopic (exact) mass is 405 g/mol. The molecule has 1 aliphatic rings. The standard InChI is InChI=1S/C24H29N4O2/c1-17(2)15-28-10-8-19(9-11-28)22-14-26-23-21(22)12-20(13-25-23)27-24(29)30-16-18-6-4-3-5-7-18/h3-7,12-14,19H,8-11,15-16H2,1-2H3,(H,25,26)(H,27,29). The van der Waals surface area contributed by atoms with E-state index in [2.05, 4.69) is 40.2 Å². The zero-order valence-electron chi connectivity index (χ0n) is 17.6. The summed E-state index contributed by atoms with van der Waals surface area (Å²) in [4.78, 5) is 22.5. The van der Waals surface area contributed by atoms with Gasteiger partial charge in [-0.15, -0.1) is 0 Å². The number of carbonyl (C=O) groups excluding carboxylic acids is 1. The molecule has 1 aliphatic heterocycles. The zero-order valence-corrected chi connectivity index (χ0v) is 17.6. The van der Waals surface area contributed by atoms with Crippen molar-refractivity contribution in [1.29, 1.82) is 0 Å². The minimum absolute atomic E-state index is 0.241. The topological polar surface area (TPSA) is 70.2 Å². The second kappa shape index (κ2) is 9.30. The Balaban J connectivity index is 1.40. The lowest BCUT2D eigenvalue weighted by Crippen LogP contribution is -2.35. The van der Waals surface area contributed by atoms with Crippen molar-refractivity contribution in [2.75, 3.05) is 25.0 Å². The molecule has 1 saturated heterocycles. The van der Waals surface area contributed by atoms with Crippen molar-refractivity contribution in [1.82, 2.24) is 14.9 Å². The molecule has 1 fully saturated rings. The van der Waals surface area contributed by atoms with Crippen LogP contribution in [0.3, 0.4) is 0 Å². The van der Waals surface area contributed by atoms with Crippen molar-refractivity contribution in [3.8, 4) is 0 Å². The lowest BCUT2D eigenvalue weighted by Gasteiger charge is -2.32. The molecule has 2 N–H and O–H groups in total. The van der Waals surface area contributed by atoms with Crippen LogP contribution in [-0.2, 0) is 11.3 Å². The minimum atomic E-state index is -0.475. The maximum absolute atomic E-state index is 12.2. The predicted octanol–water partition coefficient (Wildman–Crippen LogP) is 5.11. The smallest absolute Gasteiger partial charge is 0.412 e. The number of piperidine rings is 1. The molecule has 3 aromatic rings. The molecular formula is C24H29N4O2. The molecule has 1 amide bonds. The molecule has 4 rings (SSSR count). The van der Waals surface area contributed by atoms with Crippen LogP contribution in [0.25, 0.3) is 11.0 Å². The largest absolute Gasteiger partial charge is 0.444 e. The van der Waals surface area contributed by atoms with Gasteiger partial charge in [0.15, 0.2) is 0 Å². The van der Waals surface area contributed by atoms with Gasteiger partial charge in [-0.1, -0.05) is 44.2 Å². The summed E-state index contributed by atoms with van der Waals surface area (Å²) >= 11 is 0. The van der Waals surface area contributed by atoms with Crippen molar-refractivity contribution in [3.63, 3.8) is 0 Å². The number of aromatic nitrogens is 2. The molecule has 0 spiro atoms. The van der Waals surface area contributed by atoms with Crippen molar-refractivity contribution in [2.24, 2.45) is 0 Å². The SMILES string of the molecule is C[C](C)CN1CCC(c2c[nH]c3ncc(NC(=O)OCc4ccccc4)cc23)CC1. The number of hydrogen-bond donors (Lipinski definition) is 2. The number of fused-ring (bicyclic) bond motifs is 1. The summed E-state index contributed by atoms with van der Waals surface area (Å²) in [5.74, 6) is 1.97. The molecule has 6 nitrogen and oxygen atoms in total. The molecule has 1 radical (unpaired) electrons. The molecule has 0 bridgehead atoms. The molecule has 0 saturated carbocycles. The van der Waals surface area contributed by atoms with Gasteiger partial charge in [-0.25, -0.2) is 9.78 Å². The molecule has 0 aliphatic carbocycles. The quantitative estimate of drug-likeness (QED) is 0.598. The second-order valence-corrected chi connectivity index (χ2v) is 8.31. The summed E-state index contributed by atoms with van der Waals surface area (Å²) < 4.78 is 5.32. The molecule has 0 atom stereocenters. The molecule has 2 aromatic heterocycles. The summed E-state index contributed by atoms with van der Waals surface area (Å²) in [6.45, 7) is 7.93. The Morgan fingerprint density at radius 2 is 2.00 bits per heavy atom. The summed E-state index contributed by atoms with van der Waals surface area (Å²) in [5, 5.41) is 3.88. The first-order valence-electron chi connectivity index (χ1n) is 10.5. The van der Waals surface area contributed by atoms with Crippen LogP contribution in [0.2, 0.25) is 0 Å². The highest BCUT2D eigenvalue weighted by Gasteiger charge is 2.23. The number of aromatic amines is 1. The van der Waals surface area contributed by atoms with E-state index in [-0.39, 0.29) is 6.61 Å². The van der Waals surface area contributed by atoms with Crippen LogP contribution in [0.1, 0.15) is 43.7 Å². The van der Waals surface area contributed by atoms with Crippen molar-refractivity contribution < 1.29 is 9.53 Å². The average Bonchev–Trinajstić information content (AvgIpc) is 3.16. The zero-order chi connectivity index (χ0) is 20.9. The van der Waals surface area contributed by atoms with E-state index in [4.69, 9.17) is 4.74 Å². The van der Waals surface area contributed by atoms with Gasteiger partial charge in [0.25, 0.3) is 0 Å². The number of amides is 1. The number of hydrogen-bond acceptors (Lipinski definition) is 4. The predicted molar refractivity (Wildman–Crippen MR) is 119 cm³/mol. The Bertz CT molecular complexity index is 975. The Morgan fingerprint density at radius 1 is 1.23 bits per heavy atom. The number of anilines is 1. The summed E-state index contributed by atoms with van der Waals surface area (Å²) in [5.41, 5.74) is 3.75. The van der Waals surface area contributed by atoms with E-state index in [0.717, 1.165) is 49.1 Å². The van der Waals surface area contributed by atoms with Crippen molar-refractivity contribution >= 4 is 22.8 Å². The molecule has 30 heavy (non-hydrogen) atoms. The fraction of sp³-hybridized carbons (Fsp3) is 0.375. The number of benzene rings is 1. The van der Waals surface area contributed by atoms with Gasteiger partial charge in [0.2, 0.25) is 0 Å². The number of nitrogens with one attached hydrogen (secondary N) is 2. The van der Waals surface area contributed by atoms with Crippen LogP contribution in [0.4, 0.5) is 10.5 Å². The van der Waals surface area contributed by atoms with Gasteiger partial charge >= 0.3 is 6.09 Å². The Morgan fingerprint density at radius 3 is 2.73 bits per heavy atom.